The van der Waals surface area contributed by atoms with Crippen molar-refractivity contribution in [3.05, 3.63) is 69.8 Å². The summed E-state index contributed by atoms with van der Waals surface area (Å²) in [6.45, 7) is 3.77. The molecule has 2 aromatic carbocycles. The van der Waals surface area contributed by atoms with Crippen LogP contribution in [-0.2, 0) is 4.79 Å². The van der Waals surface area contributed by atoms with Crippen LogP contribution in [0.2, 0.25) is 0 Å². The SMILES string of the molecule is CC(C)Oc1ccc([C@@H](CC(=O)[O-])NC(=O)c2ccc([N+](=O)[O-])cc2)cc1. The molecule has 0 saturated carbocycles. The number of hydrogen-bond acceptors (Lipinski definition) is 6. The molecule has 0 aliphatic rings. The number of rotatable bonds is 8. The molecular formula is C19H19N2O6-. The minimum atomic E-state index is -1.31. The van der Waals surface area contributed by atoms with Gasteiger partial charge in [-0.2, -0.15) is 0 Å². The highest BCUT2D eigenvalue weighted by atomic mass is 16.6. The minimum Gasteiger partial charge on any atom is -0.550 e. The van der Waals surface area contributed by atoms with Crippen molar-refractivity contribution in [3.8, 4) is 5.75 Å². The Kier molecular flexibility index (Phi) is 6.48. The lowest BCUT2D eigenvalue weighted by Gasteiger charge is -2.20. The van der Waals surface area contributed by atoms with Gasteiger partial charge in [0.25, 0.3) is 11.6 Å². The van der Waals surface area contributed by atoms with Gasteiger partial charge in [-0.05, 0) is 43.7 Å². The molecule has 1 amide bonds. The normalized spacial score (nSPS) is 11.7. The number of amides is 1. The maximum atomic E-state index is 12.4. The van der Waals surface area contributed by atoms with Gasteiger partial charge in [-0.1, -0.05) is 12.1 Å². The lowest BCUT2D eigenvalue weighted by molar-refractivity contribution is -0.384. The molecule has 0 unspecified atom stereocenters. The Bertz CT molecular complexity index is 815. The van der Waals surface area contributed by atoms with Gasteiger partial charge in [-0.3, -0.25) is 14.9 Å². The second kappa shape index (κ2) is 8.79. The van der Waals surface area contributed by atoms with Crippen LogP contribution in [0.3, 0.4) is 0 Å². The molecule has 1 N–H and O–H groups in total. The van der Waals surface area contributed by atoms with E-state index in [0.29, 0.717) is 11.3 Å². The number of hydrogen-bond donors (Lipinski definition) is 1. The zero-order chi connectivity index (χ0) is 20.0. The Labute approximate surface area is 155 Å². The van der Waals surface area contributed by atoms with Crippen molar-refractivity contribution < 1.29 is 24.4 Å². The molecule has 142 valence electrons. The number of nitrogens with zero attached hydrogens (tertiary/aromatic N) is 1. The third kappa shape index (κ3) is 5.81. The van der Waals surface area contributed by atoms with Crippen molar-refractivity contribution in [2.24, 2.45) is 0 Å². The van der Waals surface area contributed by atoms with Gasteiger partial charge < -0.3 is 20.0 Å². The van der Waals surface area contributed by atoms with Gasteiger partial charge in [0.1, 0.15) is 5.75 Å². The molecule has 1 atom stereocenters. The van der Waals surface area contributed by atoms with Crippen LogP contribution in [0, 0.1) is 10.1 Å². The number of carbonyl (C=O) groups excluding carboxylic acids is 2. The number of carbonyl (C=O) groups is 2. The number of aliphatic carboxylic acids is 1. The molecule has 0 saturated heterocycles. The summed E-state index contributed by atoms with van der Waals surface area (Å²) in [5.74, 6) is -1.23. The first-order valence-electron chi connectivity index (χ1n) is 8.28. The third-order valence-corrected chi connectivity index (χ3v) is 3.67. The Morgan fingerprint density at radius 2 is 1.67 bits per heavy atom. The van der Waals surface area contributed by atoms with Crippen molar-refractivity contribution in [1.82, 2.24) is 5.32 Å². The van der Waals surface area contributed by atoms with E-state index in [2.05, 4.69) is 5.32 Å². The molecule has 2 aromatic rings. The summed E-state index contributed by atoms with van der Waals surface area (Å²) in [7, 11) is 0. The zero-order valence-corrected chi connectivity index (χ0v) is 14.9. The van der Waals surface area contributed by atoms with Gasteiger partial charge in [-0.15, -0.1) is 0 Å². The molecule has 0 aliphatic heterocycles. The first-order chi connectivity index (χ1) is 12.8. The molecule has 0 radical (unpaired) electrons. The predicted molar refractivity (Wildman–Crippen MR) is 95.1 cm³/mol. The maximum absolute atomic E-state index is 12.4. The molecule has 2 rings (SSSR count). The van der Waals surface area contributed by atoms with Crippen molar-refractivity contribution in [2.75, 3.05) is 0 Å². The smallest absolute Gasteiger partial charge is 0.269 e. The Balaban J connectivity index is 2.17. The van der Waals surface area contributed by atoms with E-state index in [-0.39, 0.29) is 17.4 Å². The number of carboxylic acids is 1. The molecule has 0 spiro atoms. The monoisotopic (exact) mass is 371 g/mol. The molecule has 0 heterocycles. The fourth-order valence-corrected chi connectivity index (χ4v) is 2.45. The Morgan fingerprint density at radius 1 is 1.07 bits per heavy atom. The number of ether oxygens (including phenoxy) is 1. The first kappa shape index (κ1) is 19.9. The van der Waals surface area contributed by atoms with E-state index in [4.69, 9.17) is 4.74 Å². The number of nitrogens with one attached hydrogen (secondary N) is 1. The topological polar surface area (TPSA) is 122 Å². The summed E-state index contributed by atoms with van der Waals surface area (Å²) < 4.78 is 5.54. The standard InChI is InChI=1S/C19H20N2O6/c1-12(2)27-16-9-5-13(6-10-16)17(11-18(22)23)20-19(24)14-3-7-15(8-4-14)21(25)26/h3-10,12,17H,11H2,1-2H3,(H,20,24)(H,22,23)/p-1/t17-/m1/s1. The van der Waals surface area contributed by atoms with Crippen LogP contribution in [0.15, 0.2) is 48.5 Å². The Hall–Kier alpha value is -3.42. The van der Waals surface area contributed by atoms with Gasteiger partial charge in [-0.25, -0.2) is 0 Å². The molecule has 0 aliphatic carbocycles. The molecule has 0 aromatic heterocycles. The van der Waals surface area contributed by atoms with Crippen LogP contribution in [-0.4, -0.2) is 22.9 Å². The second-order valence-corrected chi connectivity index (χ2v) is 6.14. The summed E-state index contributed by atoms with van der Waals surface area (Å²) in [6, 6.07) is 10.9. The third-order valence-electron chi connectivity index (χ3n) is 3.67. The van der Waals surface area contributed by atoms with E-state index in [9.17, 15) is 24.8 Å². The zero-order valence-electron chi connectivity index (χ0n) is 14.9. The van der Waals surface area contributed by atoms with Crippen LogP contribution < -0.4 is 15.2 Å². The largest absolute Gasteiger partial charge is 0.550 e. The number of nitro benzene ring substituents is 1. The van der Waals surface area contributed by atoms with Gasteiger partial charge in [0.2, 0.25) is 0 Å². The van der Waals surface area contributed by atoms with Crippen molar-refractivity contribution in [1.29, 1.82) is 0 Å². The highest BCUT2D eigenvalue weighted by Crippen LogP contribution is 2.22. The van der Waals surface area contributed by atoms with Gasteiger partial charge in [0, 0.05) is 30.1 Å². The lowest BCUT2D eigenvalue weighted by Crippen LogP contribution is -2.34. The van der Waals surface area contributed by atoms with E-state index in [1.165, 1.54) is 24.3 Å². The maximum Gasteiger partial charge on any atom is 0.269 e. The van der Waals surface area contributed by atoms with E-state index in [0.717, 1.165) is 0 Å². The van der Waals surface area contributed by atoms with Crippen LogP contribution in [0.5, 0.6) is 5.75 Å². The molecule has 8 heteroatoms. The quantitative estimate of drug-likeness (QED) is 0.559. The molecule has 8 nitrogen and oxygen atoms in total. The summed E-state index contributed by atoms with van der Waals surface area (Å²) in [6.07, 6.45) is -0.417. The molecular weight excluding hydrogens is 352 g/mol. The van der Waals surface area contributed by atoms with Gasteiger partial charge in [0.05, 0.1) is 17.1 Å². The van der Waals surface area contributed by atoms with Crippen LogP contribution >= 0.6 is 0 Å². The number of non-ortho nitro benzene ring substituents is 1. The van der Waals surface area contributed by atoms with Crippen molar-refractivity contribution in [3.63, 3.8) is 0 Å². The summed E-state index contributed by atoms with van der Waals surface area (Å²) >= 11 is 0. The van der Waals surface area contributed by atoms with E-state index < -0.39 is 29.3 Å². The number of carboxylic acid groups (broad SMARTS) is 1. The summed E-state index contributed by atoms with van der Waals surface area (Å²) in [4.78, 5) is 33.6. The van der Waals surface area contributed by atoms with Crippen LogP contribution in [0.1, 0.15) is 42.2 Å². The molecule has 0 bridgehead atoms. The van der Waals surface area contributed by atoms with Crippen molar-refractivity contribution in [2.45, 2.75) is 32.4 Å². The van der Waals surface area contributed by atoms with Crippen LogP contribution in [0.25, 0.3) is 0 Å². The number of benzene rings is 2. The lowest BCUT2D eigenvalue weighted by atomic mass is 10.0. The second-order valence-electron chi connectivity index (χ2n) is 6.14. The van der Waals surface area contributed by atoms with E-state index in [1.54, 1.807) is 24.3 Å². The summed E-state index contributed by atoms with van der Waals surface area (Å²) in [5.41, 5.74) is 0.618. The average molecular weight is 371 g/mol. The fourth-order valence-electron chi connectivity index (χ4n) is 2.45. The average Bonchev–Trinajstić information content (AvgIpc) is 2.61. The first-order valence-corrected chi connectivity index (χ1v) is 8.28. The minimum absolute atomic E-state index is 0.00305. The highest BCUT2D eigenvalue weighted by Gasteiger charge is 2.17. The Morgan fingerprint density at radius 3 is 2.15 bits per heavy atom. The molecule has 27 heavy (non-hydrogen) atoms. The predicted octanol–water partition coefficient (Wildman–Crippen LogP) is 1.99. The van der Waals surface area contributed by atoms with E-state index in [1.807, 2.05) is 13.8 Å². The van der Waals surface area contributed by atoms with Gasteiger partial charge >= 0.3 is 0 Å². The van der Waals surface area contributed by atoms with Crippen LogP contribution in [0.4, 0.5) is 5.69 Å². The fraction of sp³-hybridized carbons (Fsp3) is 0.263. The molecule has 0 fully saturated rings. The van der Waals surface area contributed by atoms with Gasteiger partial charge in [0.15, 0.2) is 0 Å². The van der Waals surface area contributed by atoms with Crippen molar-refractivity contribution >= 4 is 17.6 Å². The van der Waals surface area contributed by atoms with E-state index >= 15 is 0 Å². The summed E-state index contributed by atoms with van der Waals surface area (Å²) in [5, 5.41) is 24.4. The number of nitro groups is 1. The highest BCUT2D eigenvalue weighted by molar-refractivity contribution is 5.94.